The van der Waals surface area contributed by atoms with E-state index in [0.717, 1.165) is 59.3 Å². The van der Waals surface area contributed by atoms with E-state index in [0.29, 0.717) is 12.0 Å². The average Bonchev–Trinajstić information content (AvgIpc) is 3.41. The third-order valence-corrected chi connectivity index (χ3v) is 6.67. The van der Waals surface area contributed by atoms with Crippen molar-refractivity contribution in [1.29, 1.82) is 0 Å². The molecule has 0 unspecified atom stereocenters. The number of fused-ring (bicyclic) bond motifs is 2. The van der Waals surface area contributed by atoms with E-state index < -0.39 is 0 Å². The first kappa shape index (κ1) is 19.4. The highest BCUT2D eigenvalue weighted by atomic mass is 19.1. The van der Waals surface area contributed by atoms with Crippen LogP contribution < -0.4 is 10.2 Å². The van der Waals surface area contributed by atoms with Crippen molar-refractivity contribution in [3.8, 4) is 22.5 Å². The highest BCUT2D eigenvalue weighted by Crippen LogP contribution is 2.34. The molecule has 5 heterocycles. The van der Waals surface area contributed by atoms with Crippen LogP contribution in [0.3, 0.4) is 0 Å². The lowest BCUT2D eigenvalue weighted by atomic mass is 9.94. The maximum absolute atomic E-state index is 13.6. The number of hydrogen-bond donors (Lipinski definition) is 1. The number of nitrogens with one attached hydrogen (secondary N) is 1. The lowest BCUT2D eigenvalue weighted by Gasteiger charge is -2.24. The second-order valence-corrected chi connectivity index (χ2v) is 8.83. The number of rotatable bonds is 3. The van der Waals surface area contributed by atoms with E-state index in [1.165, 1.54) is 25.0 Å². The normalized spacial score (nSPS) is 20.6. The van der Waals surface area contributed by atoms with Gasteiger partial charge in [0, 0.05) is 42.1 Å². The van der Waals surface area contributed by atoms with Crippen LogP contribution in [0.1, 0.15) is 18.5 Å². The number of aromatic nitrogens is 4. The summed E-state index contributed by atoms with van der Waals surface area (Å²) in [5, 5.41) is 8.71. The molecule has 3 aromatic heterocycles. The second-order valence-electron chi connectivity index (χ2n) is 8.83. The van der Waals surface area contributed by atoms with Crippen LogP contribution >= 0.6 is 0 Å². The highest BCUT2D eigenvalue weighted by Gasteiger charge is 2.35. The molecule has 0 spiro atoms. The number of benzene rings is 1. The number of halogens is 1. The van der Waals surface area contributed by atoms with E-state index in [1.807, 2.05) is 29.6 Å². The maximum Gasteiger partial charge on any atom is 0.155 e. The first-order chi connectivity index (χ1) is 15.7. The molecular formula is C25H25FN6. The van der Waals surface area contributed by atoms with Crippen molar-refractivity contribution in [2.75, 3.05) is 24.5 Å². The van der Waals surface area contributed by atoms with Gasteiger partial charge in [0.05, 0.1) is 5.69 Å². The van der Waals surface area contributed by atoms with Crippen LogP contribution in [-0.4, -0.2) is 45.3 Å². The van der Waals surface area contributed by atoms with Gasteiger partial charge in [0.15, 0.2) is 5.65 Å². The Hall–Kier alpha value is -3.32. The lowest BCUT2D eigenvalue weighted by Crippen LogP contribution is -2.40. The molecule has 7 heteroatoms. The molecule has 32 heavy (non-hydrogen) atoms. The standard InChI is InChI=1S/C25H25FN6/c1-16-13-18(10-12-27-16)25-24(17-4-6-20(26)7-5-17)29-22-8-9-23(30-32(22)25)31-14-19-3-2-11-28-21(19)15-31/h4-10,12-13,19,21,28H,2-3,11,14-15H2,1H3/t19-,21+/m0/s1. The minimum Gasteiger partial charge on any atom is -0.353 e. The molecule has 4 aromatic rings. The number of aryl methyl sites for hydroxylation is 1. The van der Waals surface area contributed by atoms with Crippen molar-refractivity contribution in [3.63, 3.8) is 0 Å². The molecule has 2 atom stereocenters. The maximum atomic E-state index is 13.6. The zero-order chi connectivity index (χ0) is 21.7. The van der Waals surface area contributed by atoms with Gasteiger partial charge in [0.25, 0.3) is 0 Å². The number of imidazole rings is 1. The average molecular weight is 429 g/mol. The summed E-state index contributed by atoms with van der Waals surface area (Å²) in [6.45, 7) is 5.09. The van der Waals surface area contributed by atoms with Crippen LogP contribution in [0.4, 0.5) is 10.2 Å². The number of pyridine rings is 1. The molecule has 1 aromatic carbocycles. The molecule has 2 aliphatic rings. The Labute approximate surface area is 186 Å². The summed E-state index contributed by atoms with van der Waals surface area (Å²) < 4.78 is 15.5. The topological polar surface area (TPSA) is 58.4 Å². The Kier molecular flexibility index (Phi) is 4.64. The Morgan fingerprint density at radius 1 is 1.03 bits per heavy atom. The van der Waals surface area contributed by atoms with Gasteiger partial charge in [-0.15, -0.1) is 5.10 Å². The second kappa shape index (κ2) is 7.67. The zero-order valence-electron chi connectivity index (χ0n) is 18.0. The van der Waals surface area contributed by atoms with Crippen LogP contribution in [0.15, 0.2) is 54.7 Å². The molecule has 0 amide bonds. The van der Waals surface area contributed by atoms with Gasteiger partial charge in [-0.1, -0.05) is 0 Å². The Morgan fingerprint density at radius 2 is 1.91 bits per heavy atom. The van der Waals surface area contributed by atoms with Crippen molar-refractivity contribution >= 4 is 11.5 Å². The largest absolute Gasteiger partial charge is 0.353 e. The van der Waals surface area contributed by atoms with Gasteiger partial charge in [0.1, 0.15) is 17.3 Å². The third-order valence-electron chi connectivity index (χ3n) is 6.67. The summed E-state index contributed by atoms with van der Waals surface area (Å²) >= 11 is 0. The fraction of sp³-hybridized carbons (Fsp3) is 0.320. The van der Waals surface area contributed by atoms with Crippen molar-refractivity contribution in [3.05, 3.63) is 66.2 Å². The highest BCUT2D eigenvalue weighted by molar-refractivity contribution is 5.81. The summed E-state index contributed by atoms with van der Waals surface area (Å²) in [7, 11) is 0. The number of anilines is 1. The molecule has 0 aliphatic carbocycles. The van der Waals surface area contributed by atoms with Crippen LogP contribution in [0.2, 0.25) is 0 Å². The predicted molar refractivity (Wildman–Crippen MR) is 123 cm³/mol. The quantitative estimate of drug-likeness (QED) is 0.533. The third kappa shape index (κ3) is 3.33. The lowest BCUT2D eigenvalue weighted by molar-refractivity contribution is 0.340. The molecule has 2 fully saturated rings. The fourth-order valence-electron chi connectivity index (χ4n) is 5.09. The van der Waals surface area contributed by atoms with Crippen molar-refractivity contribution in [2.24, 2.45) is 5.92 Å². The SMILES string of the molecule is Cc1cc(-c2c(-c3ccc(F)cc3)nc3ccc(N4C[C@@H]5CCCN[C@@H]5C4)nn23)ccn1. The summed E-state index contributed by atoms with van der Waals surface area (Å²) in [5.41, 5.74) is 5.23. The zero-order valence-corrected chi connectivity index (χ0v) is 18.0. The molecular weight excluding hydrogens is 403 g/mol. The van der Waals surface area contributed by atoms with E-state index >= 15 is 0 Å². The molecule has 1 N–H and O–H groups in total. The van der Waals surface area contributed by atoms with Crippen LogP contribution in [0.5, 0.6) is 0 Å². The smallest absolute Gasteiger partial charge is 0.155 e. The number of piperidine rings is 1. The van der Waals surface area contributed by atoms with E-state index in [2.05, 4.69) is 21.3 Å². The van der Waals surface area contributed by atoms with E-state index in [-0.39, 0.29) is 5.82 Å². The minimum absolute atomic E-state index is 0.261. The van der Waals surface area contributed by atoms with Gasteiger partial charge < -0.3 is 10.2 Å². The van der Waals surface area contributed by atoms with E-state index in [1.54, 1.807) is 18.3 Å². The molecule has 0 radical (unpaired) electrons. The Bertz CT molecular complexity index is 1270. The van der Waals surface area contributed by atoms with E-state index in [9.17, 15) is 4.39 Å². The fourth-order valence-corrected chi connectivity index (χ4v) is 5.09. The summed E-state index contributed by atoms with van der Waals surface area (Å²) in [4.78, 5) is 11.6. The summed E-state index contributed by atoms with van der Waals surface area (Å²) in [6.07, 6.45) is 4.33. The van der Waals surface area contributed by atoms with E-state index in [4.69, 9.17) is 10.1 Å². The summed E-state index contributed by atoms with van der Waals surface area (Å²) in [6, 6.07) is 15.1. The van der Waals surface area contributed by atoms with Crippen LogP contribution in [0, 0.1) is 18.7 Å². The number of hydrogen-bond acceptors (Lipinski definition) is 5. The Balaban J connectivity index is 1.49. The van der Waals surface area contributed by atoms with Crippen molar-refractivity contribution in [2.45, 2.75) is 25.8 Å². The molecule has 0 bridgehead atoms. The van der Waals surface area contributed by atoms with Gasteiger partial charge in [-0.05, 0) is 80.8 Å². The van der Waals surface area contributed by atoms with Gasteiger partial charge in [-0.2, -0.15) is 0 Å². The molecule has 6 nitrogen and oxygen atoms in total. The number of nitrogens with zero attached hydrogens (tertiary/aromatic N) is 5. The summed E-state index contributed by atoms with van der Waals surface area (Å²) in [5.74, 6) is 1.38. The van der Waals surface area contributed by atoms with Crippen LogP contribution in [0.25, 0.3) is 28.2 Å². The first-order valence-electron chi connectivity index (χ1n) is 11.2. The first-order valence-corrected chi connectivity index (χ1v) is 11.2. The molecule has 162 valence electrons. The molecule has 6 rings (SSSR count). The predicted octanol–water partition coefficient (Wildman–Crippen LogP) is 4.09. The van der Waals surface area contributed by atoms with Crippen LogP contribution in [-0.2, 0) is 0 Å². The van der Waals surface area contributed by atoms with Crippen molar-refractivity contribution < 1.29 is 4.39 Å². The molecule has 0 saturated carbocycles. The minimum atomic E-state index is -0.261. The molecule has 2 saturated heterocycles. The van der Waals surface area contributed by atoms with Crippen molar-refractivity contribution in [1.82, 2.24) is 24.9 Å². The van der Waals surface area contributed by atoms with Gasteiger partial charge >= 0.3 is 0 Å². The monoisotopic (exact) mass is 428 g/mol. The van der Waals surface area contributed by atoms with Gasteiger partial charge in [-0.3, -0.25) is 4.98 Å². The molecule has 2 aliphatic heterocycles. The van der Waals surface area contributed by atoms with Gasteiger partial charge in [-0.25, -0.2) is 13.9 Å². The Morgan fingerprint density at radius 3 is 2.72 bits per heavy atom. The van der Waals surface area contributed by atoms with Gasteiger partial charge in [0.2, 0.25) is 0 Å².